The van der Waals surface area contributed by atoms with Gasteiger partial charge in [-0.05, 0) is 73.4 Å². The SMILES string of the molecule is O=C(NC1CCOCC1)c1sc(C2=NCC(c3cc(Cl)cc(Cl)c3)(C(F)(F)F)C2)c2c1CCCC2. The van der Waals surface area contributed by atoms with Crippen molar-refractivity contribution in [1.29, 1.82) is 0 Å². The molecule has 3 aliphatic rings. The lowest BCUT2D eigenvalue weighted by molar-refractivity contribution is -0.183. The molecule has 3 heterocycles. The van der Waals surface area contributed by atoms with Gasteiger partial charge >= 0.3 is 6.18 Å². The van der Waals surface area contributed by atoms with Gasteiger partial charge in [-0.3, -0.25) is 9.79 Å². The number of alkyl halides is 3. The van der Waals surface area contributed by atoms with Crippen LogP contribution in [0.4, 0.5) is 13.2 Å². The Morgan fingerprint density at radius 3 is 2.40 bits per heavy atom. The van der Waals surface area contributed by atoms with E-state index in [1.165, 1.54) is 29.5 Å². The molecule has 1 aromatic carbocycles. The highest BCUT2D eigenvalue weighted by molar-refractivity contribution is 7.16. The Morgan fingerprint density at radius 2 is 1.74 bits per heavy atom. The van der Waals surface area contributed by atoms with E-state index in [0.717, 1.165) is 54.5 Å². The number of rotatable bonds is 4. The second kappa shape index (κ2) is 9.69. The Kier molecular flexibility index (Phi) is 6.94. The van der Waals surface area contributed by atoms with Crippen LogP contribution in [0, 0.1) is 0 Å². The Hall–Kier alpha value is -1.61. The minimum Gasteiger partial charge on any atom is -0.381 e. The van der Waals surface area contributed by atoms with E-state index >= 15 is 0 Å². The van der Waals surface area contributed by atoms with Gasteiger partial charge in [0.2, 0.25) is 0 Å². The lowest BCUT2D eigenvalue weighted by atomic mass is 9.77. The third-order valence-corrected chi connectivity index (χ3v) is 8.97. The number of nitrogens with one attached hydrogen (secondary N) is 1. The number of carbonyl (C=O) groups excluding carboxylic acids is 1. The van der Waals surface area contributed by atoms with Gasteiger partial charge in [-0.25, -0.2) is 0 Å². The first kappa shape index (κ1) is 25.1. The second-order valence-electron chi connectivity index (χ2n) is 9.46. The number of amides is 1. The number of aliphatic imine (C=N–C) groups is 1. The standard InChI is InChI=1S/C25H25Cl2F3N2O2S/c26-15-9-14(10-16(27)11-15)24(25(28,29)30)12-20(31-13-24)21-18-3-1-2-4-19(18)22(35-21)23(33)32-17-5-7-34-8-6-17/h9-11,17H,1-8,12-13H2,(H,32,33). The van der Waals surface area contributed by atoms with Crippen LogP contribution >= 0.6 is 34.5 Å². The molecule has 35 heavy (non-hydrogen) atoms. The van der Waals surface area contributed by atoms with Crippen molar-refractivity contribution in [3.05, 3.63) is 54.7 Å². The molecule has 1 aromatic heterocycles. The molecule has 188 valence electrons. The highest BCUT2D eigenvalue weighted by Gasteiger charge is 2.59. The molecule has 0 radical (unpaired) electrons. The Morgan fingerprint density at radius 1 is 1.09 bits per heavy atom. The predicted molar refractivity (Wildman–Crippen MR) is 132 cm³/mol. The molecule has 10 heteroatoms. The maximum atomic E-state index is 14.6. The van der Waals surface area contributed by atoms with Crippen LogP contribution in [0.5, 0.6) is 0 Å². The molecular formula is C25H25Cl2F3N2O2S. The molecule has 2 aliphatic heterocycles. The maximum Gasteiger partial charge on any atom is 0.400 e. The van der Waals surface area contributed by atoms with Crippen LogP contribution in [-0.2, 0) is 23.0 Å². The van der Waals surface area contributed by atoms with Crippen molar-refractivity contribution < 1.29 is 22.7 Å². The van der Waals surface area contributed by atoms with E-state index in [0.29, 0.717) is 23.8 Å². The zero-order valence-electron chi connectivity index (χ0n) is 18.9. The summed E-state index contributed by atoms with van der Waals surface area (Å²) in [7, 11) is 0. The Bertz CT molecular complexity index is 1150. The molecular weight excluding hydrogens is 520 g/mol. The van der Waals surface area contributed by atoms with Crippen LogP contribution in [0.3, 0.4) is 0 Å². The van der Waals surface area contributed by atoms with E-state index in [-0.39, 0.29) is 34.0 Å². The quantitative estimate of drug-likeness (QED) is 0.475. The van der Waals surface area contributed by atoms with Gasteiger partial charge in [-0.1, -0.05) is 23.2 Å². The minimum atomic E-state index is -4.55. The number of nitrogens with zero attached hydrogens (tertiary/aromatic N) is 1. The summed E-state index contributed by atoms with van der Waals surface area (Å²) in [6.45, 7) is 0.796. The van der Waals surface area contributed by atoms with Crippen molar-refractivity contribution in [2.75, 3.05) is 19.8 Å². The number of hydrogen-bond acceptors (Lipinski definition) is 4. The normalized spacial score (nSPS) is 23.2. The first-order valence-corrected chi connectivity index (χ1v) is 13.4. The number of halogens is 5. The summed E-state index contributed by atoms with van der Waals surface area (Å²) >= 11 is 13.4. The summed E-state index contributed by atoms with van der Waals surface area (Å²) in [5.74, 6) is -0.145. The first-order valence-electron chi connectivity index (χ1n) is 11.8. The molecule has 1 N–H and O–H groups in total. The van der Waals surface area contributed by atoms with Crippen LogP contribution < -0.4 is 5.32 Å². The van der Waals surface area contributed by atoms with Gasteiger partial charge in [0.1, 0.15) is 5.41 Å². The number of carbonyl (C=O) groups is 1. The van der Waals surface area contributed by atoms with Crippen molar-refractivity contribution in [2.24, 2.45) is 4.99 Å². The molecule has 5 rings (SSSR count). The Labute approximate surface area is 215 Å². The van der Waals surface area contributed by atoms with E-state index < -0.39 is 18.1 Å². The molecule has 1 unspecified atom stereocenters. The fraction of sp³-hybridized carbons (Fsp3) is 0.520. The van der Waals surface area contributed by atoms with Crippen molar-refractivity contribution >= 4 is 46.2 Å². The number of hydrogen-bond donors (Lipinski definition) is 1. The summed E-state index contributed by atoms with van der Waals surface area (Å²) in [4.78, 5) is 19.0. The molecule has 1 saturated heterocycles. The molecule has 0 spiro atoms. The number of thiophene rings is 1. The molecule has 1 atom stereocenters. The predicted octanol–water partition coefficient (Wildman–Crippen LogP) is 6.54. The number of ether oxygens (including phenoxy) is 1. The van der Waals surface area contributed by atoms with Crippen LogP contribution in [0.1, 0.15) is 63.3 Å². The van der Waals surface area contributed by atoms with Gasteiger partial charge in [-0.2, -0.15) is 13.2 Å². The van der Waals surface area contributed by atoms with Crippen LogP contribution in [0.25, 0.3) is 0 Å². The molecule has 1 aliphatic carbocycles. The Balaban J connectivity index is 1.49. The van der Waals surface area contributed by atoms with E-state index in [1.54, 1.807) is 0 Å². The van der Waals surface area contributed by atoms with Crippen LogP contribution in [0.2, 0.25) is 10.0 Å². The van der Waals surface area contributed by atoms with Gasteiger partial charge < -0.3 is 10.1 Å². The largest absolute Gasteiger partial charge is 0.400 e. The third-order valence-electron chi connectivity index (χ3n) is 7.21. The average molecular weight is 545 g/mol. The van der Waals surface area contributed by atoms with Crippen molar-refractivity contribution in [1.82, 2.24) is 5.32 Å². The molecule has 0 saturated carbocycles. The average Bonchev–Trinajstić information content (AvgIpc) is 3.42. The summed E-state index contributed by atoms with van der Waals surface area (Å²) < 4.78 is 49.0. The van der Waals surface area contributed by atoms with Gasteiger partial charge in [0.15, 0.2) is 0 Å². The van der Waals surface area contributed by atoms with Gasteiger partial charge in [0, 0.05) is 35.7 Å². The lowest BCUT2D eigenvalue weighted by Gasteiger charge is -2.31. The summed E-state index contributed by atoms with van der Waals surface area (Å²) in [6, 6.07) is 4.13. The van der Waals surface area contributed by atoms with E-state index in [4.69, 9.17) is 27.9 Å². The van der Waals surface area contributed by atoms with Gasteiger partial charge in [-0.15, -0.1) is 11.3 Å². The summed E-state index contributed by atoms with van der Waals surface area (Å²) in [5, 5.41) is 3.43. The molecule has 1 fully saturated rings. The highest BCUT2D eigenvalue weighted by Crippen LogP contribution is 2.50. The van der Waals surface area contributed by atoms with Crippen LogP contribution in [0.15, 0.2) is 23.2 Å². The van der Waals surface area contributed by atoms with Gasteiger partial charge in [0.25, 0.3) is 5.91 Å². The third kappa shape index (κ3) is 4.75. The molecule has 1 amide bonds. The smallest absolute Gasteiger partial charge is 0.381 e. The summed E-state index contributed by atoms with van der Waals surface area (Å²) in [6.07, 6.45) is 0.0646. The topological polar surface area (TPSA) is 50.7 Å². The monoisotopic (exact) mass is 544 g/mol. The first-order chi connectivity index (χ1) is 16.7. The fourth-order valence-electron chi connectivity index (χ4n) is 5.30. The summed E-state index contributed by atoms with van der Waals surface area (Å²) in [5.41, 5.74) is 0.182. The molecule has 4 nitrogen and oxygen atoms in total. The zero-order chi connectivity index (χ0) is 24.8. The van der Waals surface area contributed by atoms with E-state index in [9.17, 15) is 18.0 Å². The molecule has 0 bridgehead atoms. The lowest BCUT2D eigenvalue weighted by Crippen LogP contribution is -2.43. The highest BCUT2D eigenvalue weighted by atomic mass is 35.5. The van der Waals surface area contributed by atoms with Crippen LogP contribution in [-0.4, -0.2) is 43.6 Å². The minimum absolute atomic E-state index is 0.0177. The van der Waals surface area contributed by atoms with Crippen molar-refractivity contribution in [3.63, 3.8) is 0 Å². The molecule has 2 aromatic rings. The van der Waals surface area contributed by atoms with E-state index in [1.807, 2.05) is 0 Å². The second-order valence-corrected chi connectivity index (χ2v) is 11.4. The van der Waals surface area contributed by atoms with Crippen molar-refractivity contribution in [3.8, 4) is 0 Å². The fourth-order valence-corrected chi connectivity index (χ4v) is 7.13. The number of fused-ring (bicyclic) bond motifs is 1. The van der Waals surface area contributed by atoms with Gasteiger partial charge in [0.05, 0.1) is 22.0 Å². The zero-order valence-corrected chi connectivity index (χ0v) is 21.3. The van der Waals surface area contributed by atoms with E-state index in [2.05, 4.69) is 10.3 Å². The van der Waals surface area contributed by atoms with Crippen molar-refractivity contribution in [2.45, 2.75) is 62.6 Å². The number of benzene rings is 1. The maximum absolute atomic E-state index is 14.6.